The summed E-state index contributed by atoms with van der Waals surface area (Å²) in [5.74, 6) is 0. The van der Waals surface area contributed by atoms with Crippen molar-refractivity contribution >= 4 is 15.9 Å². The van der Waals surface area contributed by atoms with E-state index in [0.29, 0.717) is 6.42 Å². The molecule has 1 unspecified atom stereocenters. The van der Waals surface area contributed by atoms with Gasteiger partial charge in [0.1, 0.15) is 0 Å². The molecule has 1 atom stereocenters. The van der Waals surface area contributed by atoms with Gasteiger partial charge in [0.05, 0.1) is 0 Å². The van der Waals surface area contributed by atoms with E-state index in [1.54, 1.807) is 13.2 Å². The maximum absolute atomic E-state index is 12.1. The van der Waals surface area contributed by atoms with Crippen molar-refractivity contribution in [3.05, 3.63) is 28.5 Å². The first kappa shape index (κ1) is 14.4. The van der Waals surface area contributed by atoms with Crippen LogP contribution in [-0.2, 0) is 6.42 Å². The zero-order valence-electron chi connectivity index (χ0n) is 9.39. The Labute approximate surface area is 107 Å². The normalized spacial score (nSPS) is 13.7. The number of alkyl halides is 3. The topological polar surface area (TPSA) is 24.9 Å². The van der Waals surface area contributed by atoms with Crippen LogP contribution in [0.3, 0.4) is 0 Å². The van der Waals surface area contributed by atoms with Crippen molar-refractivity contribution in [2.75, 3.05) is 7.05 Å². The number of rotatable bonds is 5. The smallest absolute Gasteiger partial charge is 0.317 e. The molecule has 96 valence electrons. The van der Waals surface area contributed by atoms with Crippen LogP contribution in [-0.4, -0.2) is 24.2 Å². The average Bonchev–Trinajstić information content (AvgIpc) is 2.25. The Hall–Kier alpha value is -0.620. The number of pyridine rings is 1. The monoisotopic (exact) mass is 310 g/mol. The third-order valence-corrected chi connectivity index (χ3v) is 2.90. The van der Waals surface area contributed by atoms with Crippen LogP contribution in [0.4, 0.5) is 13.2 Å². The van der Waals surface area contributed by atoms with E-state index < -0.39 is 12.6 Å². The molecule has 0 aliphatic carbocycles. The van der Waals surface area contributed by atoms with E-state index in [1.165, 1.54) is 0 Å². The van der Waals surface area contributed by atoms with Gasteiger partial charge in [0.25, 0.3) is 0 Å². The van der Waals surface area contributed by atoms with Gasteiger partial charge < -0.3 is 5.32 Å². The zero-order chi connectivity index (χ0) is 12.9. The first-order valence-electron chi connectivity index (χ1n) is 5.25. The highest BCUT2D eigenvalue weighted by atomic mass is 79.9. The molecule has 0 aromatic carbocycles. The maximum Gasteiger partial charge on any atom is 0.389 e. The van der Waals surface area contributed by atoms with Gasteiger partial charge in [0, 0.05) is 35.2 Å². The van der Waals surface area contributed by atoms with Crippen molar-refractivity contribution in [2.45, 2.75) is 31.5 Å². The Morgan fingerprint density at radius 2 is 2.12 bits per heavy atom. The molecule has 1 aromatic heterocycles. The minimum Gasteiger partial charge on any atom is -0.317 e. The lowest BCUT2D eigenvalue weighted by atomic mass is 10.1. The first-order valence-corrected chi connectivity index (χ1v) is 6.04. The predicted molar refractivity (Wildman–Crippen MR) is 63.8 cm³/mol. The first-order chi connectivity index (χ1) is 7.90. The van der Waals surface area contributed by atoms with E-state index in [2.05, 4.69) is 26.2 Å². The Morgan fingerprint density at radius 1 is 1.41 bits per heavy atom. The van der Waals surface area contributed by atoms with E-state index in [4.69, 9.17) is 0 Å². The molecule has 0 spiro atoms. The van der Waals surface area contributed by atoms with Gasteiger partial charge >= 0.3 is 6.18 Å². The number of nitrogens with zero attached hydrogens (tertiary/aromatic N) is 1. The molecular formula is C11H14BrF3N2. The highest BCUT2D eigenvalue weighted by Crippen LogP contribution is 2.23. The van der Waals surface area contributed by atoms with Crippen molar-refractivity contribution in [3.63, 3.8) is 0 Å². The van der Waals surface area contributed by atoms with Crippen molar-refractivity contribution in [2.24, 2.45) is 0 Å². The third kappa shape index (κ3) is 6.02. The summed E-state index contributed by atoms with van der Waals surface area (Å²) in [5, 5.41) is 2.89. The van der Waals surface area contributed by atoms with Gasteiger partial charge in [-0.2, -0.15) is 13.2 Å². The fraction of sp³-hybridized carbons (Fsp3) is 0.545. The van der Waals surface area contributed by atoms with Crippen LogP contribution in [0.15, 0.2) is 22.8 Å². The van der Waals surface area contributed by atoms with Crippen molar-refractivity contribution in [1.29, 1.82) is 0 Å². The van der Waals surface area contributed by atoms with Crippen LogP contribution in [0, 0.1) is 0 Å². The molecule has 1 rings (SSSR count). The molecule has 1 heterocycles. The van der Waals surface area contributed by atoms with Crippen LogP contribution in [0.5, 0.6) is 0 Å². The van der Waals surface area contributed by atoms with Crippen LogP contribution < -0.4 is 5.32 Å². The summed E-state index contributed by atoms with van der Waals surface area (Å²) in [6.45, 7) is 0. The van der Waals surface area contributed by atoms with Crippen LogP contribution in [0.1, 0.15) is 18.5 Å². The van der Waals surface area contributed by atoms with E-state index in [0.717, 1.165) is 10.2 Å². The van der Waals surface area contributed by atoms with Crippen LogP contribution >= 0.6 is 15.9 Å². The second kappa shape index (κ2) is 6.35. The summed E-state index contributed by atoms with van der Waals surface area (Å²) in [7, 11) is 1.67. The quantitative estimate of drug-likeness (QED) is 0.902. The Kier molecular flexibility index (Phi) is 5.39. The van der Waals surface area contributed by atoms with Gasteiger partial charge in [0.15, 0.2) is 0 Å². The Morgan fingerprint density at radius 3 is 2.59 bits per heavy atom. The van der Waals surface area contributed by atoms with E-state index >= 15 is 0 Å². The van der Waals surface area contributed by atoms with Gasteiger partial charge in [-0.05, 0) is 41.5 Å². The molecule has 0 fully saturated rings. The highest BCUT2D eigenvalue weighted by Gasteiger charge is 2.28. The Balaban J connectivity index is 2.49. The second-order valence-corrected chi connectivity index (χ2v) is 4.73. The minimum absolute atomic E-state index is 0.0672. The lowest BCUT2D eigenvalue weighted by molar-refractivity contribution is -0.136. The molecule has 0 saturated heterocycles. The second-order valence-electron chi connectivity index (χ2n) is 3.81. The number of hydrogen-bond acceptors (Lipinski definition) is 2. The number of nitrogens with one attached hydrogen (secondary N) is 1. The summed E-state index contributed by atoms with van der Waals surface area (Å²) in [6.07, 6.45) is -2.65. The summed E-state index contributed by atoms with van der Waals surface area (Å²) in [4.78, 5) is 4.14. The number of likely N-dealkylation sites (N-methyl/N-ethyl adjacent to an activating group) is 1. The largest absolute Gasteiger partial charge is 0.389 e. The minimum atomic E-state index is -4.09. The molecule has 17 heavy (non-hydrogen) atoms. The molecule has 6 heteroatoms. The maximum atomic E-state index is 12.1. The molecule has 1 aromatic rings. The molecule has 0 aliphatic rings. The fourth-order valence-corrected chi connectivity index (χ4v) is 1.70. The summed E-state index contributed by atoms with van der Waals surface area (Å²) in [5.41, 5.74) is 0.787. The van der Waals surface area contributed by atoms with Crippen molar-refractivity contribution < 1.29 is 13.2 Å². The fourth-order valence-electron chi connectivity index (χ4n) is 1.47. The zero-order valence-corrected chi connectivity index (χ0v) is 11.0. The average molecular weight is 311 g/mol. The summed E-state index contributed by atoms with van der Waals surface area (Å²) in [6, 6.07) is 3.44. The SMILES string of the molecule is CNC(CCC(F)(F)F)Cc1ccc(Br)cn1. The van der Waals surface area contributed by atoms with Gasteiger partial charge in [-0.1, -0.05) is 0 Å². The lowest BCUT2D eigenvalue weighted by Gasteiger charge is -2.16. The molecule has 1 N–H and O–H groups in total. The van der Waals surface area contributed by atoms with Crippen molar-refractivity contribution in [3.8, 4) is 0 Å². The van der Waals surface area contributed by atoms with E-state index in [-0.39, 0.29) is 12.5 Å². The molecule has 0 aliphatic heterocycles. The van der Waals surface area contributed by atoms with Gasteiger partial charge in [-0.15, -0.1) is 0 Å². The molecule has 0 amide bonds. The van der Waals surface area contributed by atoms with Crippen molar-refractivity contribution in [1.82, 2.24) is 10.3 Å². The standard InChI is InChI=1S/C11H14BrF3N2/c1-16-9(4-5-11(13,14)15)6-10-3-2-8(12)7-17-10/h2-3,7,9,16H,4-6H2,1H3. The van der Waals surface area contributed by atoms with E-state index in [9.17, 15) is 13.2 Å². The van der Waals surface area contributed by atoms with Crippen LogP contribution in [0.2, 0.25) is 0 Å². The summed E-state index contributed by atoms with van der Waals surface area (Å²) < 4.78 is 37.1. The molecule has 0 saturated carbocycles. The molecular weight excluding hydrogens is 297 g/mol. The van der Waals surface area contributed by atoms with Crippen LogP contribution in [0.25, 0.3) is 0 Å². The molecule has 0 radical (unpaired) electrons. The summed E-state index contributed by atoms with van der Waals surface area (Å²) >= 11 is 3.26. The number of hydrogen-bond donors (Lipinski definition) is 1. The molecule has 0 bridgehead atoms. The van der Waals surface area contributed by atoms with Gasteiger partial charge in [0.2, 0.25) is 0 Å². The van der Waals surface area contributed by atoms with E-state index in [1.807, 2.05) is 12.1 Å². The predicted octanol–water partition coefficient (Wildman–Crippen LogP) is 3.32. The number of aromatic nitrogens is 1. The Bertz CT molecular complexity index is 338. The molecule has 2 nitrogen and oxygen atoms in total. The van der Waals surface area contributed by atoms with Gasteiger partial charge in [-0.3, -0.25) is 4.98 Å². The highest BCUT2D eigenvalue weighted by molar-refractivity contribution is 9.10. The van der Waals surface area contributed by atoms with Gasteiger partial charge in [-0.25, -0.2) is 0 Å². The number of halogens is 4. The third-order valence-electron chi connectivity index (χ3n) is 2.43. The lowest BCUT2D eigenvalue weighted by Crippen LogP contribution is -2.29.